The Kier molecular flexibility index (Phi) is 4.63. The van der Waals surface area contributed by atoms with Crippen molar-refractivity contribution in [1.29, 1.82) is 0 Å². The Hall–Kier alpha value is -1.69. The monoisotopic (exact) mass is 377 g/mol. The molecule has 1 unspecified atom stereocenters. The molecule has 0 spiro atoms. The minimum Gasteiger partial charge on any atom is -0.378 e. The highest BCUT2D eigenvalue weighted by Crippen LogP contribution is 2.31. The van der Waals surface area contributed by atoms with E-state index in [4.69, 9.17) is 27.9 Å². The normalized spacial score (nSPS) is 19.5. The molecule has 25 heavy (non-hydrogen) atoms. The van der Waals surface area contributed by atoms with Crippen LogP contribution in [0.1, 0.15) is 35.2 Å². The van der Waals surface area contributed by atoms with E-state index in [-0.39, 0.29) is 17.3 Å². The van der Waals surface area contributed by atoms with E-state index in [2.05, 4.69) is 9.97 Å². The number of halogens is 2. The lowest BCUT2D eigenvalue weighted by atomic mass is 10.0. The number of hydrogen-bond acceptors (Lipinski definition) is 4. The first-order valence-electron chi connectivity index (χ1n) is 8.34. The van der Waals surface area contributed by atoms with E-state index in [0.717, 1.165) is 37.0 Å². The van der Waals surface area contributed by atoms with Crippen molar-refractivity contribution in [3.63, 3.8) is 0 Å². The molecule has 0 radical (unpaired) electrons. The van der Waals surface area contributed by atoms with Crippen LogP contribution < -0.4 is 0 Å². The van der Waals surface area contributed by atoms with Crippen molar-refractivity contribution in [1.82, 2.24) is 14.9 Å². The zero-order valence-corrected chi connectivity index (χ0v) is 15.1. The zero-order valence-electron chi connectivity index (χ0n) is 13.5. The molecule has 5 nitrogen and oxygen atoms in total. The summed E-state index contributed by atoms with van der Waals surface area (Å²) in [6.45, 7) is 2.19. The lowest BCUT2D eigenvalue weighted by Gasteiger charge is -2.17. The van der Waals surface area contributed by atoms with Crippen molar-refractivity contribution in [2.75, 3.05) is 13.2 Å². The average molecular weight is 378 g/mol. The molecular weight excluding hydrogens is 361 g/mol. The van der Waals surface area contributed by atoms with E-state index in [0.29, 0.717) is 29.4 Å². The third-order valence-electron chi connectivity index (χ3n) is 4.72. The predicted octanol–water partition coefficient (Wildman–Crippen LogP) is 3.98. The Morgan fingerprint density at radius 3 is 3.00 bits per heavy atom. The lowest BCUT2D eigenvalue weighted by Crippen LogP contribution is -2.27. The minimum absolute atomic E-state index is 0.0473. The van der Waals surface area contributed by atoms with Crippen molar-refractivity contribution in [2.24, 2.45) is 0 Å². The van der Waals surface area contributed by atoms with Crippen molar-refractivity contribution in [2.45, 2.75) is 31.9 Å². The second-order valence-corrected chi connectivity index (χ2v) is 7.10. The van der Waals surface area contributed by atoms with Gasteiger partial charge < -0.3 is 9.64 Å². The smallest absolute Gasteiger partial charge is 0.254 e. The number of hydrogen-bond donors (Lipinski definition) is 0. The first kappa shape index (κ1) is 16.8. The molecular formula is C18H17Cl2N3O2. The molecule has 2 aliphatic rings. The van der Waals surface area contributed by atoms with Crippen molar-refractivity contribution in [3.05, 3.63) is 45.8 Å². The van der Waals surface area contributed by atoms with Crippen LogP contribution in [0.15, 0.2) is 24.4 Å². The summed E-state index contributed by atoms with van der Waals surface area (Å²) < 4.78 is 5.65. The maximum atomic E-state index is 12.7. The van der Waals surface area contributed by atoms with Gasteiger partial charge in [0.25, 0.3) is 5.91 Å². The third kappa shape index (κ3) is 3.36. The van der Waals surface area contributed by atoms with Crippen molar-refractivity contribution in [3.8, 4) is 11.3 Å². The summed E-state index contributed by atoms with van der Waals surface area (Å²) in [7, 11) is 0. The number of nitrogens with zero attached hydrogens (tertiary/aromatic N) is 3. The summed E-state index contributed by atoms with van der Waals surface area (Å²) in [6.07, 6.45) is 4.85. The van der Waals surface area contributed by atoms with Crippen LogP contribution in [-0.2, 0) is 11.3 Å². The summed E-state index contributed by atoms with van der Waals surface area (Å²) in [5, 5.41) is 0.537. The Balaban J connectivity index is 1.54. The molecule has 0 N–H and O–H groups in total. The summed E-state index contributed by atoms with van der Waals surface area (Å²) in [5.41, 5.74) is 3.03. The van der Waals surface area contributed by atoms with Gasteiger partial charge in [-0.25, -0.2) is 9.97 Å². The Morgan fingerprint density at radius 1 is 1.32 bits per heavy atom. The molecule has 7 heteroatoms. The highest BCUT2D eigenvalue weighted by molar-refractivity contribution is 6.33. The topological polar surface area (TPSA) is 55.3 Å². The molecule has 1 amide bonds. The van der Waals surface area contributed by atoms with Crippen LogP contribution in [0.5, 0.6) is 0 Å². The molecule has 2 aliphatic heterocycles. The second kappa shape index (κ2) is 6.90. The molecule has 130 valence electrons. The van der Waals surface area contributed by atoms with Gasteiger partial charge in [0.1, 0.15) is 0 Å². The molecule has 3 heterocycles. The summed E-state index contributed by atoms with van der Waals surface area (Å²) in [6, 6.07) is 5.72. The van der Waals surface area contributed by atoms with Gasteiger partial charge in [-0.3, -0.25) is 4.79 Å². The number of aromatic nitrogens is 2. The molecule has 1 saturated heterocycles. The van der Waals surface area contributed by atoms with Crippen LogP contribution in [-0.4, -0.2) is 40.0 Å². The average Bonchev–Trinajstić information content (AvgIpc) is 3.23. The van der Waals surface area contributed by atoms with Crippen LogP contribution >= 0.6 is 23.2 Å². The Morgan fingerprint density at radius 2 is 2.20 bits per heavy atom. The summed E-state index contributed by atoms with van der Waals surface area (Å²) in [5.74, 6) is 0.0473. The second-order valence-electron chi connectivity index (χ2n) is 6.36. The standard InChI is InChI=1S/C18H17Cl2N3O2/c19-15-9-21-18(20)22-16(15)11-3-4-12-10-23(17(24)14(12)8-11)6-5-13-2-1-7-25-13/h3-4,8-9,13H,1-2,5-7,10H2. The number of carbonyl (C=O) groups is 1. The highest BCUT2D eigenvalue weighted by atomic mass is 35.5. The van der Waals surface area contributed by atoms with Gasteiger partial charge in [-0.2, -0.15) is 0 Å². The van der Waals surface area contributed by atoms with Gasteiger partial charge in [0.2, 0.25) is 5.28 Å². The van der Waals surface area contributed by atoms with E-state index >= 15 is 0 Å². The number of fused-ring (bicyclic) bond motifs is 1. The Labute approximate surface area is 155 Å². The quantitative estimate of drug-likeness (QED) is 0.756. The molecule has 1 fully saturated rings. The molecule has 2 aromatic rings. The van der Waals surface area contributed by atoms with Gasteiger partial charge in [0.15, 0.2) is 0 Å². The largest absolute Gasteiger partial charge is 0.378 e. The highest BCUT2D eigenvalue weighted by Gasteiger charge is 2.29. The van der Waals surface area contributed by atoms with Gasteiger partial charge >= 0.3 is 0 Å². The molecule has 1 atom stereocenters. The van der Waals surface area contributed by atoms with Crippen molar-refractivity contribution >= 4 is 29.1 Å². The number of amides is 1. The molecule has 0 aliphatic carbocycles. The summed E-state index contributed by atoms with van der Waals surface area (Å²) >= 11 is 12.0. The first-order valence-corrected chi connectivity index (χ1v) is 9.09. The SMILES string of the molecule is O=C1c2cc(-c3nc(Cl)ncc3Cl)ccc2CN1CCC1CCCO1. The molecule has 0 bridgehead atoms. The molecule has 0 saturated carbocycles. The van der Waals surface area contributed by atoms with E-state index < -0.39 is 0 Å². The maximum Gasteiger partial charge on any atom is 0.254 e. The van der Waals surface area contributed by atoms with Crippen LogP contribution in [0.4, 0.5) is 0 Å². The predicted molar refractivity (Wildman–Crippen MR) is 95.8 cm³/mol. The fraction of sp³-hybridized carbons (Fsp3) is 0.389. The number of rotatable bonds is 4. The fourth-order valence-electron chi connectivity index (χ4n) is 3.41. The number of benzene rings is 1. The van der Waals surface area contributed by atoms with Crippen LogP contribution in [0.3, 0.4) is 0 Å². The van der Waals surface area contributed by atoms with E-state index in [1.807, 2.05) is 23.1 Å². The van der Waals surface area contributed by atoms with E-state index in [9.17, 15) is 4.79 Å². The first-order chi connectivity index (χ1) is 12.1. The fourth-order valence-corrected chi connectivity index (χ4v) is 3.74. The Bertz CT molecular complexity index is 822. The van der Waals surface area contributed by atoms with Gasteiger partial charge in [0, 0.05) is 30.8 Å². The van der Waals surface area contributed by atoms with Crippen LogP contribution in [0.2, 0.25) is 10.3 Å². The maximum absolute atomic E-state index is 12.7. The van der Waals surface area contributed by atoms with Crippen LogP contribution in [0, 0.1) is 0 Å². The van der Waals surface area contributed by atoms with Gasteiger partial charge in [-0.05, 0) is 42.5 Å². The summed E-state index contributed by atoms with van der Waals surface area (Å²) in [4.78, 5) is 22.7. The molecule has 1 aromatic carbocycles. The third-order valence-corrected chi connectivity index (χ3v) is 5.18. The molecule has 1 aromatic heterocycles. The van der Waals surface area contributed by atoms with Crippen LogP contribution in [0.25, 0.3) is 11.3 Å². The van der Waals surface area contributed by atoms with E-state index in [1.165, 1.54) is 6.20 Å². The number of carbonyl (C=O) groups excluding carboxylic acids is 1. The molecule has 4 rings (SSSR count). The minimum atomic E-state index is 0.0473. The van der Waals surface area contributed by atoms with Gasteiger partial charge in [-0.1, -0.05) is 23.7 Å². The number of ether oxygens (including phenoxy) is 1. The van der Waals surface area contributed by atoms with E-state index in [1.54, 1.807) is 0 Å². The van der Waals surface area contributed by atoms with Crippen molar-refractivity contribution < 1.29 is 9.53 Å². The zero-order chi connectivity index (χ0) is 17.4. The lowest BCUT2D eigenvalue weighted by molar-refractivity contribution is 0.0689. The van der Waals surface area contributed by atoms with Gasteiger partial charge in [0.05, 0.1) is 23.0 Å². The van der Waals surface area contributed by atoms with Gasteiger partial charge in [-0.15, -0.1) is 0 Å².